The van der Waals surface area contributed by atoms with E-state index in [-0.39, 0.29) is 18.0 Å². The van der Waals surface area contributed by atoms with Gasteiger partial charge in [-0.25, -0.2) is 0 Å². The third-order valence-corrected chi connectivity index (χ3v) is 3.99. The number of carbonyl (C=O) groups excluding carboxylic acids is 1. The number of allylic oxidation sites excluding steroid dienone is 1. The van der Waals surface area contributed by atoms with E-state index in [1.807, 2.05) is 6.92 Å². The topological polar surface area (TPSA) is 109 Å². The van der Waals surface area contributed by atoms with Crippen LogP contribution < -0.4 is 0 Å². The summed E-state index contributed by atoms with van der Waals surface area (Å²) < 4.78 is 8.70. The van der Waals surface area contributed by atoms with Crippen molar-refractivity contribution in [1.29, 1.82) is 0 Å². The highest BCUT2D eigenvalue weighted by Gasteiger charge is 2.15. The van der Waals surface area contributed by atoms with Gasteiger partial charge in [-0.1, -0.05) is 0 Å². The van der Waals surface area contributed by atoms with Crippen LogP contribution >= 0.6 is 0 Å². The summed E-state index contributed by atoms with van der Waals surface area (Å²) in [6, 6.07) is 3.46. The Kier molecular flexibility index (Phi) is 4.53. The summed E-state index contributed by atoms with van der Waals surface area (Å²) in [4.78, 5) is 22.5. The maximum Gasteiger partial charge on any atom is 0.307 e. The zero-order chi connectivity index (χ0) is 18.8. The monoisotopic (exact) mass is 355 g/mol. The van der Waals surface area contributed by atoms with Crippen molar-refractivity contribution in [2.75, 3.05) is 0 Å². The fourth-order valence-corrected chi connectivity index (χ4v) is 2.63. The molecule has 0 saturated carbocycles. The second-order valence-electron chi connectivity index (χ2n) is 5.82. The number of carbonyl (C=O) groups is 1. The van der Waals surface area contributed by atoms with Gasteiger partial charge in [0.25, 0.3) is 0 Å². The van der Waals surface area contributed by atoms with E-state index in [2.05, 4.69) is 10.2 Å². The minimum absolute atomic E-state index is 0.0792. The van der Waals surface area contributed by atoms with Gasteiger partial charge >= 0.3 is 5.69 Å². The average Bonchev–Trinajstić information content (AvgIpc) is 3.27. The van der Waals surface area contributed by atoms with Gasteiger partial charge in [0.1, 0.15) is 23.9 Å². The fraction of sp³-hybridized carbons (Fsp3) is 0.235. The number of aromatic nitrogens is 4. The second-order valence-corrected chi connectivity index (χ2v) is 5.82. The van der Waals surface area contributed by atoms with Gasteiger partial charge in [-0.3, -0.25) is 24.3 Å². The summed E-state index contributed by atoms with van der Waals surface area (Å²) >= 11 is 0. The molecule has 0 aromatic carbocycles. The molecule has 3 aromatic heterocycles. The lowest BCUT2D eigenvalue weighted by Gasteiger charge is -1.97. The Labute approximate surface area is 148 Å². The number of nitro groups is 1. The first kappa shape index (κ1) is 17.3. The van der Waals surface area contributed by atoms with Crippen LogP contribution in [-0.2, 0) is 13.6 Å². The summed E-state index contributed by atoms with van der Waals surface area (Å²) in [5, 5.41) is 18.8. The third kappa shape index (κ3) is 3.46. The van der Waals surface area contributed by atoms with Gasteiger partial charge in [0.05, 0.1) is 22.7 Å². The first-order chi connectivity index (χ1) is 12.3. The highest BCUT2D eigenvalue weighted by atomic mass is 16.6. The minimum atomic E-state index is -0.506. The van der Waals surface area contributed by atoms with Crippen LogP contribution in [0.1, 0.15) is 33.3 Å². The van der Waals surface area contributed by atoms with E-state index in [9.17, 15) is 14.9 Å². The molecule has 0 aliphatic rings. The maximum atomic E-state index is 12.4. The van der Waals surface area contributed by atoms with Crippen molar-refractivity contribution in [2.24, 2.45) is 7.05 Å². The molecule has 0 saturated heterocycles. The summed E-state index contributed by atoms with van der Waals surface area (Å²) in [5.41, 5.74) is 1.99. The van der Waals surface area contributed by atoms with Crippen molar-refractivity contribution in [3.63, 3.8) is 0 Å². The van der Waals surface area contributed by atoms with E-state index in [1.165, 1.54) is 23.2 Å². The molecule has 3 heterocycles. The Morgan fingerprint density at radius 1 is 1.38 bits per heavy atom. The van der Waals surface area contributed by atoms with Crippen LogP contribution in [0.2, 0.25) is 0 Å². The number of hydrogen-bond donors (Lipinski definition) is 0. The maximum absolute atomic E-state index is 12.4. The summed E-state index contributed by atoms with van der Waals surface area (Å²) in [5.74, 6) is 0.937. The first-order valence-corrected chi connectivity index (χ1v) is 7.83. The molecule has 0 fully saturated rings. The molecule has 0 unspecified atom stereocenters. The fourth-order valence-electron chi connectivity index (χ4n) is 2.63. The largest absolute Gasteiger partial charge is 0.460 e. The summed E-state index contributed by atoms with van der Waals surface area (Å²) in [6.45, 7) is 3.90. The molecule has 26 heavy (non-hydrogen) atoms. The molecule has 0 aliphatic heterocycles. The highest BCUT2D eigenvalue weighted by Crippen LogP contribution is 2.16. The second kappa shape index (κ2) is 6.79. The number of furan rings is 1. The van der Waals surface area contributed by atoms with Crippen molar-refractivity contribution in [3.05, 3.63) is 69.2 Å². The van der Waals surface area contributed by atoms with Gasteiger partial charge in [-0.2, -0.15) is 10.2 Å². The van der Waals surface area contributed by atoms with Crippen LogP contribution in [0.3, 0.4) is 0 Å². The molecule has 9 nitrogen and oxygen atoms in total. The van der Waals surface area contributed by atoms with Gasteiger partial charge in [0.15, 0.2) is 5.78 Å². The van der Waals surface area contributed by atoms with Crippen LogP contribution in [0.4, 0.5) is 5.69 Å². The SMILES string of the molecule is Cc1nn(C)c(C)c1C(=O)/C=C/c1ccc(Cn2cc([N+](=O)[O-])cn2)o1. The van der Waals surface area contributed by atoms with Crippen LogP contribution in [0.5, 0.6) is 0 Å². The van der Waals surface area contributed by atoms with Crippen LogP contribution in [0, 0.1) is 24.0 Å². The van der Waals surface area contributed by atoms with Gasteiger partial charge in [0.2, 0.25) is 0 Å². The molecule has 9 heteroatoms. The van der Waals surface area contributed by atoms with E-state index >= 15 is 0 Å². The number of ketones is 1. The van der Waals surface area contributed by atoms with E-state index in [1.54, 1.807) is 36.9 Å². The van der Waals surface area contributed by atoms with E-state index < -0.39 is 4.92 Å². The summed E-state index contributed by atoms with van der Waals surface area (Å²) in [6.07, 6.45) is 5.54. The molecular weight excluding hydrogens is 338 g/mol. The molecule has 0 N–H and O–H groups in total. The Morgan fingerprint density at radius 3 is 2.77 bits per heavy atom. The zero-order valence-electron chi connectivity index (χ0n) is 14.5. The van der Waals surface area contributed by atoms with Crippen molar-refractivity contribution < 1.29 is 14.1 Å². The van der Waals surface area contributed by atoms with E-state index in [0.29, 0.717) is 22.8 Å². The molecule has 0 amide bonds. The number of nitrogens with zero attached hydrogens (tertiary/aromatic N) is 5. The van der Waals surface area contributed by atoms with Gasteiger partial charge in [-0.15, -0.1) is 0 Å². The van der Waals surface area contributed by atoms with Gasteiger partial charge in [0, 0.05) is 12.7 Å². The first-order valence-electron chi connectivity index (χ1n) is 7.83. The van der Waals surface area contributed by atoms with Crippen molar-refractivity contribution in [3.8, 4) is 0 Å². The molecule has 3 rings (SSSR count). The Balaban J connectivity index is 1.70. The molecule has 3 aromatic rings. The Hall–Kier alpha value is -3.49. The quantitative estimate of drug-likeness (QED) is 0.291. The Bertz CT molecular complexity index is 1010. The lowest BCUT2D eigenvalue weighted by Crippen LogP contribution is -1.99. The normalized spacial score (nSPS) is 11.3. The molecule has 0 aliphatic carbocycles. The van der Waals surface area contributed by atoms with E-state index in [4.69, 9.17) is 4.42 Å². The number of rotatable bonds is 6. The molecule has 0 radical (unpaired) electrons. The van der Waals surface area contributed by atoms with Gasteiger partial charge < -0.3 is 4.42 Å². The predicted octanol–water partition coefficient (Wildman–Crippen LogP) is 2.68. The lowest BCUT2D eigenvalue weighted by atomic mass is 10.1. The van der Waals surface area contributed by atoms with Crippen LogP contribution in [0.15, 0.2) is 35.0 Å². The standard InChI is InChI=1S/C17H17N5O4/c1-11-17(12(2)20(3)19-11)16(23)7-6-14-4-5-15(26-14)10-21-9-13(8-18-21)22(24)25/h4-9H,10H2,1-3H3/b7-6+. The minimum Gasteiger partial charge on any atom is -0.460 e. The number of hydrogen-bond acceptors (Lipinski definition) is 6. The molecule has 0 atom stereocenters. The van der Waals surface area contributed by atoms with Crippen molar-refractivity contribution in [2.45, 2.75) is 20.4 Å². The van der Waals surface area contributed by atoms with E-state index in [0.717, 1.165) is 5.69 Å². The van der Waals surface area contributed by atoms with Crippen molar-refractivity contribution >= 4 is 17.5 Å². The molecular formula is C17H17N5O4. The average molecular weight is 355 g/mol. The van der Waals surface area contributed by atoms with Crippen molar-refractivity contribution in [1.82, 2.24) is 19.6 Å². The zero-order valence-corrected chi connectivity index (χ0v) is 14.5. The molecule has 0 bridgehead atoms. The smallest absolute Gasteiger partial charge is 0.307 e. The highest BCUT2D eigenvalue weighted by molar-refractivity contribution is 6.08. The molecule has 134 valence electrons. The van der Waals surface area contributed by atoms with Crippen LogP contribution in [-0.4, -0.2) is 30.3 Å². The Morgan fingerprint density at radius 2 is 2.15 bits per heavy atom. The molecule has 0 spiro atoms. The van der Waals surface area contributed by atoms with Gasteiger partial charge in [-0.05, 0) is 38.1 Å². The predicted molar refractivity (Wildman–Crippen MR) is 92.7 cm³/mol. The van der Waals surface area contributed by atoms with Crippen LogP contribution in [0.25, 0.3) is 6.08 Å². The summed E-state index contributed by atoms with van der Waals surface area (Å²) in [7, 11) is 1.79. The third-order valence-electron chi connectivity index (χ3n) is 3.99. The number of aryl methyl sites for hydroxylation is 2. The lowest BCUT2D eigenvalue weighted by molar-refractivity contribution is -0.385.